The van der Waals surface area contributed by atoms with Crippen LogP contribution in [0.4, 0.5) is 9.59 Å². The van der Waals surface area contributed by atoms with Gasteiger partial charge in [-0.05, 0) is 32.1 Å². The van der Waals surface area contributed by atoms with E-state index < -0.39 is 52.5 Å². The van der Waals surface area contributed by atoms with Crippen LogP contribution in [0.15, 0.2) is 0 Å². The van der Waals surface area contributed by atoms with E-state index in [0.29, 0.717) is 24.3 Å². The maximum Gasteiger partial charge on any atom is 0.418 e. The summed E-state index contributed by atoms with van der Waals surface area (Å²) in [5, 5.41) is 9.69. The number of nitrogens with one attached hydrogen (secondary N) is 2. The molecule has 14 nitrogen and oxygen atoms in total. The van der Waals surface area contributed by atoms with Crippen molar-refractivity contribution < 1.29 is 41.5 Å². The van der Waals surface area contributed by atoms with Crippen molar-refractivity contribution in [3.8, 4) is 0 Å². The van der Waals surface area contributed by atoms with Crippen LogP contribution in [0.5, 0.6) is 0 Å². The van der Waals surface area contributed by atoms with Gasteiger partial charge in [-0.15, -0.1) is 4.28 Å². The Hall–Kier alpha value is -2.65. The third-order valence-electron chi connectivity index (χ3n) is 5.16. The quantitative estimate of drug-likeness (QED) is 0.306. The predicted molar refractivity (Wildman–Crippen MR) is 92.0 cm³/mol. The third-order valence-corrected chi connectivity index (χ3v) is 5.51. The lowest BCUT2D eigenvalue weighted by Gasteiger charge is -2.33. The Bertz CT molecular complexity index is 818. The highest BCUT2D eigenvalue weighted by molar-refractivity contribution is 7.80. The van der Waals surface area contributed by atoms with Gasteiger partial charge in [-0.3, -0.25) is 29.9 Å². The number of carboxylic acid groups (broad SMARTS) is 1. The van der Waals surface area contributed by atoms with Crippen molar-refractivity contribution in [2.45, 2.75) is 50.2 Å². The number of nitrogens with zero attached hydrogens (tertiary/aromatic N) is 3. The summed E-state index contributed by atoms with van der Waals surface area (Å²) in [7, 11) is -4.89. The van der Waals surface area contributed by atoms with Crippen LogP contribution in [-0.2, 0) is 24.3 Å². The first-order chi connectivity index (χ1) is 13.6. The number of hydroxylamine groups is 2. The second-order valence-corrected chi connectivity index (χ2v) is 7.98. The molecule has 3 aliphatic heterocycles. The Morgan fingerprint density at radius 3 is 2.31 bits per heavy atom. The van der Waals surface area contributed by atoms with Crippen molar-refractivity contribution in [2.75, 3.05) is 13.1 Å². The number of amides is 5. The lowest BCUT2D eigenvalue weighted by molar-refractivity contribution is -0.134. The highest BCUT2D eigenvalue weighted by Crippen LogP contribution is 2.30. The van der Waals surface area contributed by atoms with Gasteiger partial charge in [0.25, 0.3) is 11.8 Å². The van der Waals surface area contributed by atoms with Crippen molar-refractivity contribution in [1.29, 1.82) is 0 Å². The molecule has 0 unspecified atom stereocenters. The molecule has 0 aromatic rings. The molecule has 29 heavy (non-hydrogen) atoms. The molecule has 3 rings (SSSR count). The number of hydrogen-bond acceptors (Lipinski definition) is 7. The number of carbonyl (C=O) groups excluding carboxylic acids is 3. The highest BCUT2D eigenvalue weighted by Gasteiger charge is 2.49. The van der Waals surface area contributed by atoms with E-state index >= 15 is 0 Å². The summed E-state index contributed by atoms with van der Waals surface area (Å²) in [4.78, 5) is 50.4. The number of fused-ring (bicyclic) bond motifs is 2. The fourth-order valence-electron chi connectivity index (χ4n) is 3.83. The standard InChI is InChI=1S/C14H21N5O9S/c20-11(9-3-1-2-6-17(9)14(23)24)15-16-12(21)10-5-4-8-7-18(10)13(22)19(8)28-29(25,26)27/h8-10H,1-7H2,(H,15,20)(H,16,21)(H,23,24)(H,25,26,27)/t8-,9+,10+/m1/s1. The number of piperidine rings is 2. The van der Waals surface area contributed by atoms with E-state index in [-0.39, 0.29) is 25.9 Å². The van der Waals surface area contributed by atoms with Crippen LogP contribution in [0.1, 0.15) is 32.1 Å². The van der Waals surface area contributed by atoms with Gasteiger partial charge in [0, 0.05) is 13.1 Å². The van der Waals surface area contributed by atoms with Crippen LogP contribution in [0.2, 0.25) is 0 Å². The monoisotopic (exact) mass is 435 g/mol. The second-order valence-electron chi connectivity index (χ2n) is 6.98. The minimum Gasteiger partial charge on any atom is -0.465 e. The van der Waals surface area contributed by atoms with Gasteiger partial charge in [-0.2, -0.15) is 13.5 Å². The first-order valence-corrected chi connectivity index (χ1v) is 10.3. The summed E-state index contributed by atoms with van der Waals surface area (Å²) < 4.78 is 34.8. The predicted octanol–water partition coefficient (Wildman–Crippen LogP) is -1.33. The zero-order chi connectivity index (χ0) is 21.3. The summed E-state index contributed by atoms with van der Waals surface area (Å²) in [6.45, 7) is 0.229. The fourth-order valence-corrected chi connectivity index (χ4v) is 4.22. The minimum atomic E-state index is -4.89. The fraction of sp³-hybridized carbons (Fsp3) is 0.714. The average molecular weight is 435 g/mol. The molecule has 0 spiro atoms. The number of carbonyl (C=O) groups is 4. The average Bonchev–Trinajstić information content (AvgIpc) is 2.89. The molecule has 3 saturated heterocycles. The molecular weight excluding hydrogens is 414 g/mol. The molecule has 2 bridgehead atoms. The van der Waals surface area contributed by atoms with E-state index in [4.69, 9.17) is 4.55 Å². The smallest absolute Gasteiger partial charge is 0.418 e. The zero-order valence-electron chi connectivity index (χ0n) is 15.2. The molecule has 3 fully saturated rings. The Kier molecular flexibility index (Phi) is 5.81. The summed E-state index contributed by atoms with van der Waals surface area (Å²) in [5.41, 5.74) is 4.39. The van der Waals surface area contributed by atoms with E-state index in [2.05, 4.69) is 15.1 Å². The van der Waals surface area contributed by atoms with E-state index in [0.717, 1.165) is 9.80 Å². The van der Waals surface area contributed by atoms with Crippen molar-refractivity contribution in [3.05, 3.63) is 0 Å². The Labute approximate surface area is 165 Å². The molecule has 0 aromatic carbocycles. The van der Waals surface area contributed by atoms with Crippen LogP contribution in [-0.4, -0.2) is 88.1 Å². The van der Waals surface area contributed by atoms with E-state index in [9.17, 15) is 32.7 Å². The molecule has 5 amide bonds. The van der Waals surface area contributed by atoms with Crippen LogP contribution in [0.3, 0.4) is 0 Å². The number of hydrogen-bond donors (Lipinski definition) is 4. The van der Waals surface area contributed by atoms with Crippen LogP contribution >= 0.6 is 0 Å². The first-order valence-electron chi connectivity index (χ1n) is 8.94. The number of hydrazine groups is 1. The molecule has 15 heteroatoms. The van der Waals surface area contributed by atoms with Crippen LogP contribution < -0.4 is 10.9 Å². The lowest BCUT2D eigenvalue weighted by Crippen LogP contribution is -2.58. The molecular formula is C14H21N5O9S. The molecule has 3 aliphatic rings. The number of rotatable bonds is 4. The zero-order valence-corrected chi connectivity index (χ0v) is 16.0. The van der Waals surface area contributed by atoms with Gasteiger partial charge in [0.2, 0.25) is 0 Å². The van der Waals surface area contributed by atoms with Gasteiger partial charge in [-0.25, -0.2) is 9.59 Å². The third kappa shape index (κ3) is 4.51. The van der Waals surface area contributed by atoms with Gasteiger partial charge in [0.1, 0.15) is 12.1 Å². The van der Waals surface area contributed by atoms with Gasteiger partial charge in [0.15, 0.2) is 0 Å². The molecule has 0 saturated carbocycles. The highest BCUT2D eigenvalue weighted by atomic mass is 32.3. The van der Waals surface area contributed by atoms with Gasteiger partial charge in [0.05, 0.1) is 6.04 Å². The van der Waals surface area contributed by atoms with Crippen molar-refractivity contribution in [1.82, 2.24) is 25.7 Å². The molecule has 0 aromatic heterocycles. The topological polar surface area (TPSA) is 186 Å². The largest absolute Gasteiger partial charge is 0.465 e. The Morgan fingerprint density at radius 1 is 1.03 bits per heavy atom. The summed E-state index contributed by atoms with van der Waals surface area (Å²) in [5.74, 6) is -1.39. The van der Waals surface area contributed by atoms with Crippen molar-refractivity contribution in [3.63, 3.8) is 0 Å². The van der Waals surface area contributed by atoms with Gasteiger partial charge >= 0.3 is 22.5 Å². The van der Waals surface area contributed by atoms with E-state index in [1.165, 1.54) is 0 Å². The summed E-state index contributed by atoms with van der Waals surface area (Å²) in [6, 6.07) is -3.46. The maximum absolute atomic E-state index is 12.4. The maximum atomic E-state index is 12.4. The first kappa shape index (κ1) is 21.1. The number of urea groups is 1. The van der Waals surface area contributed by atoms with Crippen LogP contribution in [0.25, 0.3) is 0 Å². The van der Waals surface area contributed by atoms with E-state index in [1.807, 2.05) is 0 Å². The van der Waals surface area contributed by atoms with Crippen molar-refractivity contribution >= 4 is 34.3 Å². The van der Waals surface area contributed by atoms with E-state index in [1.54, 1.807) is 0 Å². The minimum absolute atomic E-state index is 0.00973. The van der Waals surface area contributed by atoms with Gasteiger partial charge < -0.3 is 10.0 Å². The Morgan fingerprint density at radius 2 is 1.69 bits per heavy atom. The molecule has 3 heterocycles. The normalized spacial score (nSPS) is 27.0. The Balaban J connectivity index is 1.58. The summed E-state index contributed by atoms with van der Waals surface area (Å²) >= 11 is 0. The molecule has 162 valence electrons. The number of likely N-dealkylation sites (tertiary alicyclic amines) is 1. The lowest BCUT2D eigenvalue weighted by atomic mass is 10.0. The molecule has 4 N–H and O–H groups in total. The SMILES string of the molecule is O=C(NNC(=O)[C@@H]1CC[C@@H]2CN1C(=O)N2OS(=O)(=O)O)[C@@H]1CCCCN1C(=O)O. The molecule has 3 atom stereocenters. The van der Waals surface area contributed by atoms with Crippen LogP contribution in [0, 0.1) is 0 Å². The molecule has 0 radical (unpaired) electrons. The van der Waals surface area contributed by atoms with Crippen molar-refractivity contribution in [2.24, 2.45) is 0 Å². The summed E-state index contributed by atoms with van der Waals surface area (Å²) in [6.07, 6.45) is 0.825. The van der Waals surface area contributed by atoms with Gasteiger partial charge in [-0.1, -0.05) is 0 Å². The molecule has 0 aliphatic carbocycles. The second kappa shape index (κ2) is 8.00.